The van der Waals surface area contributed by atoms with Gasteiger partial charge in [-0.2, -0.15) is 0 Å². The van der Waals surface area contributed by atoms with E-state index >= 15 is 0 Å². The number of rotatable bonds is 2. The second kappa shape index (κ2) is 8.57. The van der Waals surface area contributed by atoms with E-state index in [1.165, 1.54) is 0 Å². The lowest BCUT2D eigenvalue weighted by Crippen LogP contribution is -2.46. The second-order valence-corrected chi connectivity index (χ2v) is 20.5. The summed E-state index contributed by atoms with van der Waals surface area (Å²) in [6.45, 7) is 20.0. The smallest absolute Gasteiger partial charge is 0.0560 e. The fraction of sp³-hybridized carbons (Fsp3) is 0.556. The van der Waals surface area contributed by atoms with Gasteiger partial charge in [0, 0.05) is 0 Å². The van der Waals surface area contributed by atoms with Crippen molar-refractivity contribution in [2.24, 2.45) is 58.2 Å². The van der Waals surface area contributed by atoms with E-state index < -0.39 is 8.07 Å². The zero-order chi connectivity index (χ0) is 26.3. The summed E-state index contributed by atoms with van der Waals surface area (Å²) in [5, 5.41) is 0. The summed E-state index contributed by atoms with van der Waals surface area (Å²) < 4.78 is 0. The van der Waals surface area contributed by atoms with Crippen LogP contribution in [0.1, 0.15) is 41.5 Å². The maximum Gasteiger partial charge on any atom is 0.0560 e. The molecule has 0 heterocycles. The molecule has 0 saturated heterocycles. The SMILES string of the molecule is CC(C)(C)C1=CC2C(C=C1)C1C=CC(C(C)(C)C)=CC1C2[Si](C)(C)C1C2C=CC=CC2C2C=CC=CC21. The zero-order valence-corrected chi connectivity index (χ0v) is 25.4. The molecular formula is C36H48Si. The van der Waals surface area contributed by atoms with Gasteiger partial charge >= 0.3 is 0 Å². The minimum absolute atomic E-state index is 0.199. The topological polar surface area (TPSA) is 0 Å². The molecule has 8 atom stereocenters. The molecule has 2 saturated carbocycles. The zero-order valence-electron chi connectivity index (χ0n) is 24.4. The second-order valence-electron chi connectivity index (χ2n) is 15.5. The van der Waals surface area contributed by atoms with Gasteiger partial charge in [-0.3, -0.25) is 0 Å². The van der Waals surface area contributed by atoms with Crippen molar-refractivity contribution in [2.75, 3.05) is 0 Å². The molecule has 37 heavy (non-hydrogen) atoms. The van der Waals surface area contributed by atoms with Crippen LogP contribution in [0.25, 0.3) is 0 Å². The Kier molecular flexibility index (Phi) is 5.89. The number of allylic oxidation sites excluding steroid dienone is 16. The third-order valence-corrected chi connectivity index (χ3v) is 16.0. The maximum absolute atomic E-state index is 2.80. The molecule has 0 nitrogen and oxygen atoms in total. The molecule has 6 aliphatic rings. The molecule has 196 valence electrons. The summed E-state index contributed by atoms with van der Waals surface area (Å²) in [5.74, 6) is 5.28. The molecule has 0 aromatic rings. The van der Waals surface area contributed by atoms with Crippen LogP contribution in [0.3, 0.4) is 0 Å². The molecular weight excluding hydrogens is 460 g/mol. The highest BCUT2D eigenvalue weighted by molar-refractivity contribution is 6.80. The molecule has 1 heteroatoms. The van der Waals surface area contributed by atoms with E-state index in [4.69, 9.17) is 0 Å². The highest BCUT2D eigenvalue weighted by Crippen LogP contribution is 2.67. The molecule has 0 aliphatic heterocycles. The Morgan fingerprint density at radius 1 is 0.459 bits per heavy atom. The van der Waals surface area contributed by atoms with Crippen LogP contribution < -0.4 is 0 Å². The molecule has 0 bridgehead atoms. The Bertz CT molecular complexity index is 1090. The van der Waals surface area contributed by atoms with Crippen LogP contribution in [0.15, 0.2) is 96.2 Å². The van der Waals surface area contributed by atoms with Gasteiger partial charge in [-0.1, -0.05) is 140 Å². The van der Waals surface area contributed by atoms with Gasteiger partial charge in [-0.15, -0.1) is 0 Å². The molecule has 0 spiro atoms. The summed E-state index contributed by atoms with van der Waals surface area (Å²) in [6, 6.07) is 0. The van der Waals surface area contributed by atoms with E-state index in [-0.39, 0.29) is 10.8 Å². The molecule has 8 unspecified atom stereocenters. The molecule has 0 radical (unpaired) electrons. The number of fused-ring (bicyclic) bond motifs is 6. The molecule has 0 amide bonds. The quantitative estimate of drug-likeness (QED) is 0.326. The Morgan fingerprint density at radius 3 is 1.16 bits per heavy atom. The van der Waals surface area contributed by atoms with Gasteiger partial charge in [0.05, 0.1) is 8.07 Å². The Balaban J connectivity index is 1.48. The third-order valence-electron chi connectivity index (χ3n) is 11.1. The van der Waals surface area contributed by atoms with E-state index in [9.17, 15) is 0 Å². The lowest BCUT2D eigenvalue weighted by Gasteiger charge is -2.46. The normalized spacial score (nSPS) is 41.7. The van der Waals surface area contributed by atoms with Gasteiger partial charge in [-0.05, 0) is 80.4 Å². The summed E-state index contributed by atoms with van der Waals surface area (Å²) in [4.78, 5) is 0. The van der Waals surface area contributed by atoms with Crippen LogP contribution in [-0.4, -0.2) is 8.07 Å². The van der Waals surface area contributed by atoms with Crippen LogP contribution in [0, 0.1) is 58.2 Å². The van der Waals surface area contributed by atoms with E-state index in [2.05, 4.69) is 140 Å². The first-order chi connectivity index (χ1) is 17.4. The van der Waals surface area contributed by atoms with E-state index in [1.807, 2.05) is 0 Å². The van der Waals surface area contributed by atoms with Gasteiger partial charge in [0.1, 0.15) is 0 Å². The molecule has 2 fully saturated rings. The number of hydrogen-bond acceptors (Lipinski definition) is 0. The van der Waals surface area contributed by atoms with Crippen molar-refractivity contribution >= 4 is 8.07 Å². The summed E-state index contributed by atoms with van der Waals surface area (Å²) in [7, 11) is -1.77. The molecule has 0 N–H and O–H groups in total. The monoisotopic (exact) mass is 508 g/mol. The number of hydrogen-bond donors (Lipinski definition) is 0. The molecule has 6 rings (SSSR count). The summed E-state index contributed by atoms with van der Waals surface area (Å²) in [5.41, 5.74) is 5.04. The standard InChI is InChI=1S/C36H48Si/c1-35(2,3)23-17-19-27-28-20-18-24(36(4,5)6)22-32(28)34(31(27)21-23)37(7,8)33-29-15-11-9-13-25(29)26-14-10-12-16-30(26)33/h9-22,25-34H,1-8H3. The first-order valence-electron chi connectivity index (χ1n) is 14.9. The van der Waals surface area contributed by atoms with Crippen molar-refractivity contribution in [3.63, 3.8) is 0 Å². The van der Waals surface area contributed by atoms with Crippen molar-refractivity contribution < 1.29 is 0 Å². The maximum atomic E-state index is 2.80. The van der Waals surface area contributed by atoms with Crippen molar-refractivity contribution in [1.82, 2.24) is 0 Å². The summed E-state index contributed by atoms with van der Waals surface area (Å²) in [6.07, 6.45) is 35.4. The van der Waals surface area contributed by atoms with Gasteiger partial charge < -0.3 is 0 Å². The van der Waals surface area contributed by atoms with Crippen molar-refractivity contribution in [3.8, 4) is 0 Å². The first kappa shape index (κ1) is 25.4. The molecule has 6 aliphatic carbocycles. The van der Waals surface area contributed by atoms with Crippen LogP contribution in [0.2, 0.25) is 24.2 Å². The molecule has 0 aromatic heterocycles. The summed E-state index contributed by atoms with van der Waals surface area (Å²) >= 11 is 0. The Hall–Kier alpha value is -1.86. The highest BCUT2D eigenvalue weighted by Gasteiger charge is 2.61. The Morgan fingerprint density at radius 2 is 0.784 bits per heavy atom. The fourth-order valence-electron chi connectivity index (χ4n) is 9.38. The van der Waals surface area contributed by atoms with E-state index in [1.54, 1.807) is 11.1 Å². The predicted molar refractivity (Wildman–Crippen MR) is 163 cm³/mol. The van der Waals surface area contributed by atoms with E-state index in [0.29, 0.717) is 47.3 Å². The average molecular weight is 509 g/mol. The van der Waals surface area contributed by atoms with Gasteiger partial charge in [-0.25, -0.2) is 0 Å². The van der Waals surface area contributed by atoms with Gasteiger partial charge in [0.15, 0.2) is 0 Å². The predicted octanol–water partition coefficient (Wildman–Crippen LogP) is 9.73. The molecule has 0 aromatic carbocycles. The van der Waals surface area contributed by atoms with Gasteiger partial charge in [0.25, 0.3) is 0 Å². The highest BCUT2D eigenvalue weighted by atomic mass is 28.3. The van der Waals surface area contributed by atoms with E-state index in [0.717, 1.165) is 11.1 Å². The first-order valence-corrected chi connectivity index (χ1v) is 18.1. The minimum atomic E-state index is -1.77. The lowest BCUT2D eigenvalue weighted by atomic mass is 9.74. The Labute approximate surface area is 227 Å². The minimum Gasteiger partial charge on any atom is -0.0808 e. The van der Waals surface area contributed by atoms with Crippen LogP contribution >= 0.6 is 0 Å². The largest absolute Gasteiger partial charge is 0.0808 e. The third kappa shape index (κ3) is 3.98. The van der Waals surface area contributed by atoms with Crippen molar-refractivity contribution in [2.45, 2.75) is 65.7 Å². The average Bonchev–Trinajstić information content (AvgIpc) is 3.36. The van der Waals surface area contributed by atoms with Gasteiger partial charge in [0.2, 0.25) is 0 Å². The van der Waals surface area contributed by atoms with Crippen LogP contribution in [0.4, 0.5) is 0 Å². The fourth-order valence-corrected chi connectivity index (χ4v) is 15.1. The van der Waals surface area contributed by atoms with Crippen molar-refractivity contribution in [3.05, 3.63) is 96.2 Å². The van der Waals surface area contributed by atoms with Crippen LogP contribution in [0.5, 0.6) is 0 Å². The van der Waals surface area contributed by atoms with Crippen molar-refractivity contribution in [1.29, 1.82) is 0 Å². The van der Waals surface area contributed by atoms with Crippen LogP contribution in [-0.2, 0) is 0 Å². The lowest BCUT2D eigenvalue weighted by molar-refractivity contribution is 0.433.